The molecule has 0 unspecified atom stereocenters. The van der Waals surface area contributed by atoms with E-state index in [1.54, 1.807) is 17.4 Å². The molecular weight excluding hydrogens is 368 g/mol. The number of fused-ring (bicyclic) bond motifs is 3. The Morgan fingerprint density at radius 2 is 2.15 bits per heavy atom. The summed E-state index contributed by atoms with van der Waals surface area (Å²) in [7, 11) is 0. The summed E-state index contributed by atoms with van der Waals surface area (Å²) in [5, 5.41) is 1.16. The van der Waals surface area contributed by atoms with Crippen molar-refractivity contribution in [3.63, 3.8) is 0 Å². The van der Waals surface area contributed by atoms with Gasteiger partial charge in [0.2, 0.25) is 0 Å². The minimum absolute atomic E-state index is 0.0979. The van der Waals surface area contributed by atoms with Crippen LogP contribution in [0, 0.1) is 0 Å². The van der Waals surface area contributed by atoms with Crippen molar-refractivity contribution in [1.82, 2.24) is 9.97 Å². The van der Waals surface area contributed by atoms with E-state index in [-0.39, 0.29) is 5.56 Å². The molecule has 0 amide bonds. The lowest BCUT2D eigenvalue weighted by atomic mass is 10.2. The Balaban J connectivity index is 1.64. The third kappa shape index (κ3) is 3.29. The number of aryl methyl sites for hydroxylation is 2. The first kappa shape index (κ1) is 17.3. The fraction of sp³-hybridized carbons (Fsp3) is 0.300. The molecule has 4 rings (SSSR count). The smallest absolute Gasteiger partial charge is 0.260 e. The molecule has 2 heterocycles. The van der Waals surface area contributed by atoms with E-state index in [2.05, 4.69) is 16.9 Å². The molecule has 1 aliphatic carbocycles. The molecule has 4 nitrogen and oxygen atoms in total. The quantitative estimate of drug-likeness (QED) is 0.671. The van der Waals surface area contributed by atoms with Crippen LogP contribution >= 0.6 is 22.9 Å². The second-order valence-electron chi connectivity index (χ2n) is 6.36. The molecule has 3 aromatic rings. The molecule has 0 saturated heterocycles. The number of ether oxygens (including phenoxy) is 1. The summed E-state index contributed by atoms with van der Waals surface area (Å²) in [5.41, 5.74) is 2.00. The van der Waals surface area contributed by atoms with E-state index in [1.807, 2.05) is 24.3 Å². The number of hydrogen-bond donors (Lipinski definition) is 1. The molecule has 0 atom stereocenters. The first-order chi connectivity index (χ1) is 12.7. The first-order valence-corrected chi connectivity index (χ1v) is 10.00. The highest BCUT2D eigenvalue weighted by atomic mass is 35.5. The lowest BCUT2D eigenvalue weighted by Crippen LogP contribution is -2.10. The van der Waals surface area contributed by atoms with E-state index in [0.717, 1.165) is 47.2 Å². The number of aromatic amines is 1. The zero-order chi connectivity index (χ0) is 18.1. The van der Waals surface area contributed by atoms with Crippen molar-refractivity contribution in [3.8, 4) is 5.75 Å². The number of halogens is 1. The second kappa shape index (κ2) is 7.25. The lowest BCUT2D eigenvalue weighted by Gasteiger charge is -2.05. The van der Waals surface area contributed by atoms with Crippen LogP contribution in [-0.4, -0.2) is 16.6 Å². The topological polar surface area (TPSA) is 55.0 Å². The molecule has 1 aromatic carbocycles. The molecule has 0 radical (unpaired) electrons. The Morgan fingerprint density at radius 3 is 2.92 bits per heavy atom. The molecule has 0 aliphatic heterocycles. The molecule has 0 saturated carbocycles. The van der Waals surface area contributed by atoms with Gasteiger partial charge in [0.25, 0.3) is 5.56 Å². The molecule has 1 N–H and O–H groups in total. The molecule has 0 spiro atoms. The summed E-state index contributed by atoms with van der Waals surface area (Å²) in [5.74, 6) is 1.25. The maximum Gasteiger partial charge on any atom is 0.260 e. The normalized spacial score (nSPS) is 14.0. The summed E-state index contributed by atoms with van der Waals surface area (Å²) in [6.45, 7) is 2.77. The van der Waals surface area contributed by atoms with Crippen LogP contribution in [-0.2, 0) is 12.8 Å². The molecule has 134 valence electrons. The van der Waals surface area contributed by atoms with Gasteiger partial charge in [-0.2, -0.15) is 0 Å². The van der Waals surface area contributed by atoms with Crippen molar-refractivity contribution in [3.05, 3.63) is 56.4 Å². The molecular formula is C20H19ClN2O2S. The van der Waals surface area contributed by atoms with Crippen LogP contribution in [0.2, 0.25) is 0 Å². The van der Waals surface area contributed by atoms with Gasteiger partial charge in [-0.1, -0.05) is 30.7 Å². The number of rotatable bonds is 5. The Bertz CT molecular complexity index is 1030. The van der Waals surface area contributed by atoms with Crippen molar-refractivity contribution in [2.24, 2.45) is 0 Å². The SMILES string of the molecule is CCCOc1ccc(/C=C(\Cl)c2nc3sc4c(c3c(=O)[nH]2)CCC4)cc1. The van der Waals surface area contributed by atoms with Gasteiger partial charge in [-0.05, 0) is 55.0 Å². The van der Waals surface area contributed by atoms with Crippen LogP contribution < -0.4 is 10.3 Å². The summed E-state index contributed by atoms with van der Waals surface area (Å²) in [6.07, 6.45) is 5.91. The van der Waals surface area contributed by atoms with Gasteiger partial charge in [-0.3, -0.25) is 4.79 Å². The average Bonchev–Trinajstić information content (AvgIpc) is 3.21. The molecule has 0 bridgehead atoms. The van der Waals surface area contributed by atoms with E-state index in [0.29, 0.717) is 17.5 Å². The number of benzene rings is 1. The van der Waals surface area contributed by atoms with Gasteiger partial charge in [0, 0.05) is 4.88 Å². The minimum atomic E-state index is -0.0979. The highest BCUT2D eigenvalue weighted by Gasteiger charge is 2.21. The largest absolute Gasteiger partial charge is 0.494 e. The predicted octanol–water partition coefficient (Wildman–Crippen LogP) is 5.00. The van der Waals surface area contributed by atoms with Gasteiger partial charge in [0.1, 0.15) is 10.6 Å². The van der Waals surface area contributed by atoms with E-state index < -0.39 is 0 Å². The molecule has 0 fully saturated rings. The van der Waals surface area contributed by atoms with Gasteiger partial charge in [0.15, 0.2) is 5.82 Å². The predicted molar refractivity (Wildman–Crippen MR) is 108 cm³/mol. The first-order valence-electron chi connectivity index (χ1n) is 8.80. The average molecular weight is 387 g/mol. The fourth-order valence-corrected chi connectivity index (χ4v) is 4.69. The van der Waals surface area contributed by atoms with E-state index in [4.69, 9.17) is 16.3 Å². The van der Waals surface area contributed by atoms with Crippen LogP contribution in [0.1, 0.15) is 41.6 Å². The standard InChI is InChI=1S/C20H19ClN2O2S/c1-2-10-25-13-8-6-12(7-9-13)11-15(21)18-22-19(24)17-14-4-3-5-16(14)26-20(17)23-18/h6-9,11H,2-5,10H2,1H3,(H,22,23,24)/b15-11-. The van der Waals surface area contributed by atoms with Gasteiger partial charge < -0.3 is 9.72 Å². The number of H-pyrrole nitrogens is 1. The van der Waals surface area contributed by atoms with Gasteiger partial charge in [-0.15, -0.1) is 11.3 Å². The lowest BCUT2D eigenvalue weighted by molar-refractivity contribution is 0.317. The number of thiophene rings is 1. The summed E-state index contributed by atoms with van der Waals surface area (Å²) < 4.78 is 5.58. The van der Waals surface area contributed by atoms with Crippen LogP contribution in [0.4, 0.5) is 0 Å². The number of nitrogens with zero attached hydrogens (tertiary/aromatic N) is 1. The van der Waals surface area contributed by atoms with Gasteiger partial charge >= 0.3 is 0 Å². The van der Waals surface area contributed by atoms with E-state index >= 15 is 0 Å². The van der Waals surface area contributed by atoms with Crippen molar-refractivity contribution >= 4 is 44.3 Å². The Labute approximate surface area is 160 Å². The van der Waals surface area contributed by atoms with Gasteiger partial charge in [0.05, 0.1) is 17.0 Å². The maximum atomic E-state index is 12.5. The van der Waals surface area contributed by atoms with Crippen LogP contribution in [0.5, 0.6) is 5.75 Å². The zero-order valence-electron chi connectivity index (χ0n) is 14.5. The summed E-state index contributed by atoms with van der Waals surface area (Å²) in [4.78, 5) is 22.0. The maximum absolute atomic E-state index is 12.5. The Morgan fingerprint density at radius 1 is 1.35 bits per heavy atom. The Hall–Kier alpha value is -2.11. The van der Waals surface area contributed by atoms with Crippen molar-refractivity contribution in [2.75, 3.05) is 6.61 Å². The monoisotopic (exact) mass is 386 g/mol. The second-order valence-corrected chi connectivity index (χ2v) is 7.85. The fourth-order valence-electron chi connectivity index (χ4n) is 3.21. The van der Waals surface area contributed by atoms with Crippen LogP contribution in [0.15, 0.2) is 29.1 Å². The molecule has 26 heavy (non-hydrogen) atoms. The van der Waals surface area contributed by atoms with Gasteiger partial charge in [-0.25, -0.2) is 4.98 Å². The van der Waals surface area contributed by atoms with Crippen LogP contribution in [0.3, 0.4) is 0 Å². The minimum Gasteiger partial charge on any atom is -0.494 e. The summed E-state index contributed by atoms with van der Waals surface area (Å²) in [6, 6.07) is 7.69. The third-order valence-corrected chi connectivity index (χ3v) is 5.92. The molecule has 6 heteroatoms. The zero-order valence-corrected chi connectivity index (χ0v) is 16.0. The highest BCUT2D eigenvalue weighted by Crippen LogP contribution is 2.35. The molecule has 2 aromatic heterocycles. The summed E-state index contributed by atoms with van der Waals surface area (Å²) >= 11 is 8.05. The highest BCUT2D eigenvalue weighted by molar-refractivity contribution is 7.18. The Kier molecular flexibility index (Phi) is 4.83. The molecule has 1 aliphatic rings. The van der Waals surface area contributed by atoms with E-state index in [9.17, 15) is 4.79 Å². The van der Waals surface area contributed by atoms with Crippen LogP contribution in [0.25, 0.3) is 21.3 Å². The van der Waals surface area contributed by atoms with Crippen molar-refractivity contribution in [1.29, 1.82) is 0 Å². The number of aromatic nitrogens is 2. The van der Waals surface area contributed by atoms with Crippen molar-refractivity contribution < 1.29 is 4.74 Å². The van der Waals surface area contributed by atoms with E-state index in [1.165, 1.54) is 10.4 Å². The van der Waals surface area contributed by atoms with Crippen molar-refractivity contribution in [2.45, 2.75) is 32.6 Å². The third-order valence-electron chi connectivity index (χ3n) is 4.45. The number of nitrogens with one attached hydrogen (secondary N) is 1. The number of hydrogen-bond acceptors (Lipinski definition) is 4.